The van der Waals surface area contributed by atoms with E-state index in [-0.39, 0.29) is 5.91 Å². The Kier molecular flexibility index (Phi) is 6.78. The maximum atomic E-state index is 12.1. The van der Waals surface area contributed by atoms with Crippen LogP contribution in [0.15, 0.2) is 42.5 Å². The third-order valence-corrected chi connectivity index (χ3v) is 4.31. The van der Waals surface area contributed by atoms with Gasteiger partial charge in [0.05, 0.1) is 0 Å². The average Bonchev–Trinajstić information content (AvgIpc) is 2.63. The number of benzene rings is 2. The standard InChI is InChI=1S/C21H26N2O3/c1-14-8-10-18(11-9-14)12-13-20(24)22-23-21(25)17(4)26-19-7-5-6-15(2)16(19)3/h5-11,17H,12-13H2,1-4H3,(H,22,24)(H,23,25). The van der Waals surface area contributed by atoms with E-state index in [0.717, 1.165) is 16.7 Å². The largest absolute Gasteiger partial charge is 0.481 e. The lowest BCUT2D eigenvalue weighted by molar-refractivity contribution is -0.132. The number of amides is 2. The van der Waals surface area contributed by atoms with E-state index in [4.69, 9.17) is 4.74 Å². The van der Waals surface area contributed by atoms with Gasteiger partial charge < -0.3 is 4.74 Å². The average molecular weight is 354 g/mol. The number of hydrogen-bond acceptors (Lipinski definition) is 3. The van der Waals surface area contributed by atoms with Crippen molar-refractivity contribution in [2.75, 3.05) is 0 Å². The van der Waals surface area contributed by atoms with E-state index in [1.165, 1.54) is 5.56 Å². The van der Waals surface area contributed by atoms with Crippen molar-refractivity contribution in [3.63, 3.8) is 0 Å². The molecule has 0 aliphatic carbocycles. The molecule has 0 radical (unpaired) electrons. The molecule has 2 amide bonds. The van der Waals surface area contributed by atoms with Crippen LogP contribution in [-0.2, 0) is 16.0 Å². The number of ether oxygens (including phenoxy) is 1. The molecule has 2 aromatic rings. The molecule has 0 aliphatic rings. The molecule has 0 aromatic heterocycles. The molecular weight excluding hydrogens is 328 g/mol. The lowest BCUT2D eigenvalue weighted by Gasteiger charge is -2.17. The first-order chi connectivity index (χ1) is 12.4. The minimum absolute atomic E-state index is 0.238. The molecule has 138 valence electrons. The summed E-state index contributed by atoms with van der Waals surface area (Å²) < 4.78 is 5.70. The highest BCUT2D eigenvalue weighted by molar-refractivity contribution is 5.84. The van der Waals surface area contributed by atoms with Crippen molar-refractivity contribution >= 4 is 11.8 Å². The molecule has 26 heavy (non-hydrogen) atoms. The molecular formula is C21H26N2O3. The maximum absolute atomic E-state index is 12.1. The van der Waals surface area contributed by atoms with Crippen molar-refractivity contribution in [2.45, 2.75) is 46.6 Å². The lowest BCUT2D eigenvalue weighted by Crippen LogP contribution is -2.47. The fraction of sp³-hybridized carbons (Fsp3) is 0.333. The Morgan fingerprint density at radius 3 is 2.38 bits per heavy atom. The highest BCUT2D eigenvalue weighted by atomic mass is 16.5. The van der Waals surface area contributed by atoms with Crippen LogP contribution >= 0.6 is 0 Å². The number of hydrazine groups is 1. The Balaban J connectivity index is 1.77. The minimum Gasteiger partial charge on any atom is -0.481 e. The topological polar surface area (TPSA) is 67.4 Å². The van der Waals surface area contributed by atoms with Crippen LogP contribution in [0.2, 0.25) is 0 Å². The van der Waals surface area contributed by atoms with Crippen LogP contribution in [0.4, 0.5) is 0 Å². The number of nitrogens with one attached hydrogen (secondary N) is 2. The highest BCUT2D eigenvalue weighted by Gasteiger charge is 2.16. The molecule has 1 unspecified atom stereocenters. The summed E-state index contributed by atoms with van der Waals surface area (Å²) in [5, 5.41) is 0. The van der Waals surface area contributed by atoms with Crippen molar-refractivity contribution in [3.05, 3.63) is 64.7 Å². The van der Waals surface area contributed by atoms with Gasteiger partial charge in [0.1, 0.15) is 5.75 Å². The molecule has 0 aliphatic heterocycles. The summed E-state index contributed by atoms with van der Waals surface area (Å²) in [4.78, 5) is 24.0. The molecule has 0 saturated heterocycles. The van der Waals surface area contributed by atoms with Gasteiger partial charge in [0.15, 0.2) is 6.10 Å². The fourth-order valence-electron chi connectivity index (χ4n) is 2.40. The number of hydrogen-bond donors (Lipinski definition) is 2. The molecule has 0 fully saturated rings. The molecule has 0 heterocycles. The Hall–Kier alpha value is -2.82. The molecule has 2 N–H and O–H groups in total. The Bertz CT molecular complexity index is 769. The summed E-state index contributed by atoms with van der Waals surface area (Å²) in [6.07, 6.45) is 0.208. The van der Waals surface area contributed by atoms with Crippen molar-refractivity contribution in [1.82, 2.24) is 10.9 Å². The van der Waals surface area contributed by atoms with Crippen molar-refractivity contribution in [1.29, 1.82) is 0 Å². The predicted octanol–water partition coefficient (Wildman–Crippen LogP) is 3.16. The lowest BCUT2D eigenvalue weighted by atomic mass is 10.1. The first kappa shape index (κ1) is 19.5. The van der Waals surface area contributed by atoms with Crippen LogP contribution in [-0.4, -0.2) is 17.9 Å². The smallest absolute Gasteiger partial charge is 0.279 e. The van der Waals surface area contributed by atoms with E-state index in [1.807, 2.05) is 63.2 Å². The zero-order valence-corrected chi connectivity index (χ0v) is 15.8. The summed E-state index contributed by atoms with van der Waals surface area (Å²) in [5.74, 6) is 0.0331. The fourth-order valence-corrected chi connectivity index (χ4v) is 2.40. The van der Waals surface area contributed by atoms with E-state index in [1.54, 1.807) is 6.92 Å². The summed E-state index contributed by atoms with van der Waals surface area (Å²) in [7, 11) is 0. The summed E-state index contributed by atoms with van der Waals surface area (Å²) >= 11 is 0. The van der Waals surface area contributed by atoms with Gasteiger partial charge in [-0.15, -0.1) is 0 Å². The van der Waals surface area contributed by atoms with Crippen LogP contribution in [0.5, 0.6) is 5.75 Å². The van der Waals surface area contributed by atoms with Crippen LogP contribution in [0.3, 0.4) is 0 Å². The molecule has 0 saturated carbocycles. The van der Waals surface area contributed by atoms with Crippen molar-refractivity contribution in [2.24, 2.45) is 0 Å². The molecule has 0 spiro atoms. The van der Waals surface area contributed by atoms with Gasteiger partial charge in [0.25, 0.3) is 5.91 Å². The van der Waals surface area contributed by atoms with E-state index in [2.05, 4.69) is 10.9 Å². The van der Waals surface area contributed by atoms with E-state index in [9.17, 15) is 9.59 Å². The van der Waals surface area contributed by atoms with Crippen LogP contribution in [0.25, 0.3) is 0 Å². The first-order valence-corrected chi connectivity index (χ1v) is 8.74. The van der Waals surface area contributed by atoms with E-state index in [0.29, 0.717) is 18.6 Å². The maximum Gasteiger partial charge on any atom is 0.279 e. The third-order valence-electron chi connectivity index (χ3n) is 4.31. The normalized spacial score (nSPS) is 11.5. The van der Waals surface area contributed by atoms with Gasteiger partial charge in [-0.1, -0.05) is 42.0 Å². The highest BCUT2D eigenvalue weighted by Crippen LogP contribution is 2.21. The summed E-state index contributed by atoms with van der Waals surface area (Å²) in [6.45, 7) is 7.60. The van der Waals surface area contributed by atoms with Crippen molar-refractivity contribution < 1.29 is 14.3 Å². The predicted molar refractivity (Wildman–Crippen MR) is 102 cm³/mol. The Labute approximate surface area is 154 Å². The first-order valence-electron chi connectivity index (χ1n) is 8.74. The Morgan fingerprint density at radius 2 is 1.69 bits per heavy atom. The molecule has 1 atom stereocenters. The summed E-state index contributed by atoms with van der Waals surface area (Å²) in [6, 6.07) is 13.7. The second kappa shape index (κ2) is 9.04. The van der Waals surface area contributed by atoms with Crippen LogP contribution in [0, 0.1) is 20.8 Å². The van der Waals surface area contributed by atoms with Gasteiger partial charge in [-0.25, -0.2) is 0 Å². The van der Waals surface area contributed by atoms with Gasteiger partial charge in [-0.2, -0.15) is 0 Å². The minimum atomic E-state index is -0.715. The number of carbonyl (C=O) groups is 2. The quantitative estimate of drug-likeness (QED) is 0.783. The van der Waals surface area contributed by atoms with Gasteiger partial charge in [-0.05, 0) is 56.9 Å². The molecule has 2 rings (SSSR count). The molecule has 2 aromatic carbocycles. The van der Waals surface area contributed by atoms with Crippen molar-refractivity contribution in [3.8, 4) is 5.75 Å². The van der Waals surface area contributed by atoms with Gasteiger partial charge >= 0.3 is 0 Å². The monoisotopic (exact) mass is 354 g/mol. The van der Waals surface area contributed by atoms with E-state index >= 15 is 0 Å². The molecule has 0 bridgehead atoms. The van der Waals surface area contributed by atoms with Crippen LogP contribution < -0.4 is 15.6 Å². The summed E-state index contributed by atoms with van der Waals surface area (Å²) in [5.41, 5.74) is 9.22. The molecule has 5 nitrogen and oxygen atoms in total. The second-order valence-corrected chi connectivity index (χ2v) is 6.48. The van der Waals surface area contributed by atoms with Gasteiger partial charge in [0.2, 0.25) is 5.91 Å². The van der Waals surface area contributed by atoms with Gasteiger partial charge in [0, 0.05) is 6.42 Å². The third kappa shape index (κ3) is 5.62. The number of carbonyl (C=O) groups excluding carboxylic acids is 2. The Morgan fingerprint density at radius 1 is 1.00 bits per heavy atom. The van der Waals surface area contributed by atoms with Crippen LogP contribution in [0.1, 0.15) is 35.6 Å². The van der Waals surface area contributed by atoms with Gasteiger partial charge in [-0.3, -0.25) is 20.4 Å². The zero-order chi connectivity index (χ0) is 19.1. The number of aryl methyl sites for hydroxylation is 3. The SMILES string of the molecule is Cc1ccc(CCC(=O)NNC(=O)C(C)Oc2cccc(C)c2C)cc1. The second-order valence-electron chi connectivity index (χ2n) is 6.48. The van der Waals surface area contributed by atoms with E-state index < -0.39 is 12.0 Å². The zero-order valence-electron chi connectivity index (χ0n) is 15.8. The number of rotatable bonds is 6. The molecule has 5 heteroatoms.